The van der Waals surface area contributed by atoms with Crippen LogP contribution in [0.25, 0.3) is 0 Å². The Morgan fingerprint density at radius 3 is 3.12 bits per heavy atom. The van der Waals surface area contributed by atoms with Crippen LogP contribution in [0.2, 0.25) is 0 Å². The number of carbonyl (C=O) groups excluding carboxylic acids is 1. The van der Waals surface area contributed by atoms with Gasteiger partial charge in [0.05, 0.1) is 10.9 Å². The molecule has 0 aliphatic carbocycles. The number of hydrogen-bond donors (Lipinski definition) is 2. The molecule has 0 aromatic carbocycles. The van der Waals surface area contributed by atoms with E-state index in [4.69, 9.17) is 0 Å². The molecule has 0 spiro atoms. The maximum absolute atomic E-state index is 12.0. The number of thiazole rings is 1. The summed E-state index contributed by atoms with van der Waals surface area (Å²) in [4.78, 5) is 16.2. The van der Waals surface area contributed by atoms with Gasteiger partial charge in [0.15, 0.2) is 0 Å². The van der Waals surface area contributed by atoms with E-state index in [9.17, 15) is 4.79 Å². The third-order valence-electron chi connectivity index (χ3n) is 3.31. The fourth-order valence-electron chi connectivity index (χ4n) is 2.11. The van der Waals surface area contributed by atoms with Gasteiger partial charge in [0, 0.05) is 30.6 Å². The van der Waals surface area contributed by atoms with Crippen molar-refractivity contribution < 1.29 is 4.79 Å². The molecule has 5 heteroatoms. The first-order valence-corrected chi connectivity index (χ1v) is 6.94. The fraction of sp³-hybridized carbons (Fsp3) is 0.667. The van der Waals surface area contributed by atoms with E-state index in [1.165, 1.54) is 0 Å². The van der Waals surface area contributed by atoms with Crippen LogP contribution in [-0.2, 0) is 4.79 Å². The number of rotatable bonds is 4. The second kappa shape index (κ2) is 5.60. The second-order valence-electron chi connectivity index (χ2n) is 4.76. The van der Waals surface area contributed by atoms with Gasteiger partial charge in [0.1, 0.15) is 0 Å². The van der Waals surface area contributed by atoms with Gasteiger partial charge in [-0.05, 0) is 12.5 Å². The zero-order valence-electron chi connectivity index (χ0n) is 10.3. The monoisotopic (exact) mass is 253 g/mol. The van der Waals surface area contributed by atoms with E-state index in [1.54, 1.807) is 17.5 Å². The molecule has 1 aromatic heterocycles. The molecule has 0 saturated carbocycles. The lowest BCUT2D eigenvalue weighted by atomic mass is 9.97. The van der Waals surface area contributed by atoms with Crippen LogP contribution in [0, 0.1) is 11.8 Å². The van der Waals surface area contributed by atoms with E-state index >= 15 is 0 Å². The zero-order chi connectivity index (χ0) is 12.3. The van der Waals surface area contributed by atoms with Crippen molar-refractivity contribution in [2.24, 2.45) is 11.8 Å². The molecule has 0 bridgehead atoms. The Kier molecular flexibility index (Phi) is 4.12. The highest BCUT2D eigenvalue weighted by Gasteiger charge is 2.29. The number of nitrogens with zero attached hydrogens (tertiary/aromatic N) is 1. The van der Waals surface area contributed by atoms with E-state index in [-0.39, 0.29) is 11.8 Å². The van der Waals surface area contributed by atoms with Crippen molar-refractivity contribution in [3.63, 3.8) is 0 Å². The molecule has 1 fully saturated rings. The predicted octanol–water partition coefficient (Wildman–Crippen LogP) is 1.22. The molecule has 1 aliphatic rings. The second-order valence-corrected chi connectivity index (χ2v) is 5.68. The minimum atomic E-state index is 0.124. The Morgan fingerprint density at radius 2 is 2.53 bits per heavy atom. The van der Waals surface area contributed by atoms with Crippen LogP contribution in [-0.4, -0.2) is 30.5 Å². The number of aromatic nitrogens is 1. The van der Waals surface area contributed by atoms with Crippen LogP contribution in [0.1, 0.15) is 24.8 Å². The van der Waals surface area contributed by atoms with Crippen molar-refractivity contribution in [3.05, 3.63) is 16.6 Å². The normalized spacial score (nSPS) is 25.8. The molecule has 2 heterocycles. The van der Waals surface area contributed by atoms with Gasteiger partial charge in [-0.15, -0.1) is 11.3 Å². The van der Waals surface area contributed by atoms with Gasteiger partial charge in [-0.1, -0.05) is 13.8 Å². The van der Waals surface area contributed by atoms with E-state index in [2.05, 4.69) is 29.5 Å². The standard InChI is InChI=1S/C12H19N3OS/c1-8-5-13-7-10(8)11(16)15-6-9(2)12-14-3-4-17-12/h3-4,8-10,13H,5-7H2,1-2H3,(H,15,16)/t8-,9?,10-/m1/s1. The molecule has 1 aromatic rings. The molecule has 2 rings (SSSR count). The van der Waals surface area contributed by atoms with Crippen molar-refractivity contribution in [3.8, 4) is 0 Å². The van der Waals surface area contributed by atoms with Gasteiger partial charge in [-0.25, -0.2) is 4.98 Å². The third-order valence-corrected chi connectivity index (χ3v) is 4.32. The van der Waals surface area contributed by atoms with Crippen molar-refractivity contribution in [2.75, 3.05) is 19.6 Å². The summed E-state index contributed by atoms with van der Waals surface area (Å²) in [5.41, 5.74) is 0. The molecular weight excluding hydrogens is 234 g/mol. The average molecular weight is 253 g/mol. The number of carbonyl (C=O) groups is 1. The summed E-state index contributed by atoms with van der Waals surface area (Å²) in [5, 5.41) is 9.33. The number of nitrogens with one attached hydrogen (secondary N) is 2. The minimum Gasteiger partial charge on any atom is -0.355 e. The molecule has 1 amide bonds. The zero-order valence-corrected chi connectivity index (χ0v) is 11.1. The average Bonchev–Trinajstić information content (AvgIpc) is 2.95. The van der Waals surface area contributed by atoms with Crippen molar-refractivity contribution in [1.29, 1.82) is 0 Å². The van der Waals surface area contributed by atoms with E-state index in [0.717, 1.165) is 18.1 Å². The van der Waals surface area contributed by atoms with Crippen LogP contribution in [0.3, 0.4) is 0 Å². The van der Waals surface area contributed by atoms with Crippen LogP contribution >= 0.6 is 11.3 Å². The molecule has 2 N–H and O–H groups in total. The summed E-state index contributed by atoms with van der Waals surface area (Å²) in [6.07, 6.45) is 1.81. The predicted molar refractivity (Wildman–Crippen MR) is 69.1 cm³/mol. The molecule has 1 unspecified atom stereocenters. The molecule has 1 aliphatic heterocycles. The Hall–Kier alpha value is -0.940. The summed E-state index contributed by atoms with van der Waals surface area (Å²) in [7, 11) is 0. The molecule has 0 radical (unpaired) electrons. The number of hydrogen-bond acceptors (Lipinski definition) is 4. The molecular formula is C12H19N3OS. The lowest BCUT2D eigenvalue weighted by molar-refractivity contribution is -0.125. The minimum absolute atomic E-state index is 0.124. The fourth-order valence-corrected chi connectivity index (χ4v) is 2.81. The first kappa shape index (κ1) is 12.5. The van der Waals surface area contributed by atoms with E-state index < -0.39 is 0 Å². The van der Waals surface area contributed by atoms with E-state index in [0.29, 0.717) is 18.4 Å². The largest absolute Gasteiger partial charge is 0.355 e. The highest BCUT2D eigenvalue weighted by molar-refractivity contribution is 7.09. The lowest BCUT2D eigenvalue weighted by Gasteiger charge is -2.16. The highest BCUT2D eigenvalue weighted by atomic mass is 32.1. The smallest absolute Gasteiger partial charge is 0.224 e. The summed E-state index contributed by atoms with van der Waals surface area (Å²) in [6.45, 7) is 6.64. The van der Waals surface area contributed by atoms with Crippen molar-refractivity contribution >= 4 is 17.2 Å². The summed E-state index contributed by atoms with van der Waals surface area (Å²) in [5.74, 6) is 1.03. The Morgan fingerprint density at radius 1 is 1.71 bits per heavy atom. The molecule has 17 heavy (non-hydrogen) atoms. The molecule has 3 atom stereocenters. The molecule has 4 nitrogen and oxygen atoms in total. The quantitative estimate of drug-likeness (QED) is 0.848. The van der Waals surface area contributed by atoms with Gasteiger partial charge < -0.3 is 10.6 Å². The van der Waals surface area contributed by atoms with Gasteiger partial charge >= 0.3 is 0 Å². The van der Waals surface area contributed by atoms with Crippen molar-refractivity contribution in [2.45, 2.75) is 19.8 Å². The third kappa shape index (κ3) is 3.04. The number of amides is 1. The Bertz CT molecular complexity index is 366. The van der Waals surface area contributed by atoms with Crippen LogP contribution in [0.5, 0.6) is 0 Å². The maximum atomic E-state index is 12.0. The summed E-state index contributed by atoms with van der Waals surface area (Å²) < 4.78 is 0. The van der Waals surface area contributed by atoms with E-state index in [1.807, 2.05) is 5.38 Å². The van der Waals surface area contributed by atoms with Gasteiger partial charge in [0.2, 0.25) is 5.91 Å². The Balaban J connectivity index is 1.80. The molecule has 94 valence electrons. The maximum Gasteiger partial charge on any atom is 0.224 e. The lowest BCUT2D eigenvalue weighted by Crippen LogP contribution is -2.36. The van der Waals surface area contributed by atoms with Crippen molar-refractivity contribution in [1.82, 2.24) is 15.6 Å². The van der Waals surface area contributed by atoms with Gasteiger partial charge in [-0.3, -0.25) is 4.79 Å². The Labute approximate surface area is 106 Å². The highest BCUT2D eigenvalue weighted by Crippen LogP contribution is 2.18. The first-order chi connectivity index (χ1) is 8.18. The SMILES string of the molecule is CC(CNC(=O)[C@@H]1CNC[C@H]1C)c1nccs1. The molecule has 1 saturated heterocycles. The van der Waals surface area contributed by atoms with Crippen LogP contribution < -0.4 is 10.6 Å². The summed E-state index contributed by atoms with van der Waals surface area (Å²) in [6, 6.07) is 0. The summed E-state index contributed by atoms with van der Waals surface area (Å²) >= 11 is 1.64. The van der Waals surface area contributed by atoms with Gasteiger partial charge in [-0.2, -0.15) is 0 Å². The first-order valence-electron chi connectivity index (χ1n) is 6.06. The van der Waals surface area contributed by atoms with Gasteiger partial charge in [0.25, 0.3) is 0 Å². The van der Waals surface area contributed by atoms with Crippen LogP contribution in [0.15, 0.2) is 11.6 Å². The van der Waals surface area contributed by atoms with Crippen LogP contribution in [0.4, 0.5) is 0 Å². The topological polar surface area (TPSA) is 54.0 Å².